The van der Waals surface area contributed by atoms with E-state index in [0.29, 0.717) is 18.7 Å². The SMILES string of the molecule is N#Cc1cnn2cc(OCCN3CC4CNCC4C3)cc(-c3ccc(N4CC5CCC(C4)N5C(=O)NCc4ccccc4)nc3)c12. The predicted molar refractivity (Wildman–Crippen MR) is 174 cm³/mol. The molecule has 1 aromatic carbocycles. The van der Waals surface area contributed by atoms with Crippen LogP contribution in [0.2, 0.25) is 0 Å². The Kier molecular flexibility index (Phi) is 7.68. The third-order valence-electron chi connectivity index (χ3n) is 10.2. The molecule has 4 fully saturated rings. The first-order valence-electron chi connectivity index (χ1n) is 16.4. The molecule has 236 valence electrons. The third kappa shape index (κ3) is 5.52. The van der Waals surface area contributed by atoms with E-state index in [2.05, 4.69) is 37.7 Å². The summed E-state index contributed by atoms with van der Waals surface area (Å²) in [6, 6.07) is 18.8. The van der Waals surface area contributed by atoms with Gasteiger partial charge in [0.25, 0.3) is 0 Å². The quantitative estimate of drug-likeness (QED) is 0.310. The number of anilines is 1. The molecular formula is C35H39N9O2. The fourth-order valence-corrected chi connectivity index (χ4v) is 7.92. The normalized spacial score (nSPS) is 23.9. The lowest BCUT2D eigenvalue weighted by atomic mass is 10.0. The van der Waals surface area contributed by atoms with Gasteiger partial charge in [-0.05, 0) is 61.5 Å². The van der Waals surface area contributed by atoms with Gasteiger partial charge in [0.05, 0.1) is 35.6 Å². The van der Waals surface area contributed by atoms with Crippen molar-refractivity contribution in [3.63, 3.8) is 0 Å². The van der Waals surface area contributed by atoms with E-state index in [0.717, 1.165) is 104 Å². The van der Waals surface area contributed by atoms with Crippen molar-refractivity contribution in [2.24, 2.45) is 11.8 Å². The van der Waals surface area contributed by atoms with Gasteiger partial charge < -0.3 is 25.2 Å². The second kappa shape index (κ2) is 12.3. The van der Waals surface area contributed by atoms with E-state index < -0.39 is 0 Å². The number of carbonyl (C=O) groups is 1. The van der Waals surface area contributed by atoms with Crippen LogP contribution in [0.4, 0.5) is 10.6 Å². The van der Waals surface area contributed by atoms with E-state index in [1.807, 2.05) is 59.8 Å². The van der Waals surface area contributed by atoms with Crippen molar-refractivity contribution in [1.29, 1.82) is 5.26 Å². The summed E-state index contributed by atoms with van der Waals surface area (Å²) in [5, 5.41) is 20.9. The van der Waals surface area contributed by atoms with Gasteiger partial charge in [0.15, 0.2) is 0 Å². The number of rotatable bonds is 8. The molecule has 4 aliphatic heterocycles. The van der Waals surface area contributed by atoms with Gasteiger partial charge in [0.2, 0.25) is 0 Å². The lowest BCUT2D eigenvalue weighted by Crippen LogP contribution is -2.58. The molecule has 2 amide bonds. The number of pyridine rings is 2. The number of ether oxygens (including phenoxy) is 1. The van der Waals surface area contributed by atoms with Gasteiger partial charge in [-0.1, -0.05) is 30.3 Å². The molecule has 3 aromatic heterocycles. The summed E-state index contributed by atoms with van der Waals surface area (Å²) in [4.78, 5) is 24.9. The first-order valence-corrected chi connectivity index (χ1v) is 16.4. The molecule has 0 saturated carbocycles. The van der Waals surface area contributed by atoms with Crippen LogP contribution in [0.25, 0.3) is 16.6 Å². The molecule has 4 unspecified atom stereocenters. The van der Waals surface area contributed by atoms with E-state index >= 15 is 0 Å². The van der Waals surface area contributed by atoms with E-state index in [1.54, 1.807) is 10.7 Å². The maximum Gasteiger partial charge on any atom is 0.318 e. The molecule has 0 radical (unpaired) electrons. The fourth-order valence-electron chi connectivity index (χ4n) is 7.92. The first kappa shape index (κ1) is 28.8. The molecule has 8 rings (SSSR count). The van der Waals surface area contributed by atoms with Crippen LogP contribution in [0.3, 0.4) is 0 Å². The highest BCUT2D eigenvalue weighted by molar-refractivity contribution is 5.85. The highest BCUT2D eigenvalue weighted by Crippen LogP contribution is 2.35. The minimum Gasteiger partial charge on any atom is -0.491 e. The molecule has 0 spiro atoms. The molecule has 7 heterocycles. The molecule has 0 aliphatic carbocycles. The minimum atomic E-state index is 0.0137. The Hall–Kier alpha value is -4.66. The molecule has 46 heavy (non-hydrogen) atoms. The van der Waals surface area contributed by atoms with E-state index in [-0.39, 0.29) is 18.1 Å². The molecule has 2 bridgehead atoms. The van der Waals surface area contributed by atoms with Crippen molar-refractivity contribution >= 4 is 17.4 Å². The Labute approximate surface area is 268 Å². The monoisotopic (exact) mass is 617 g/mol. The molecule has 11 nitrogen and oxygen atoms in total. The molecule has 4 aromatic rings. The topological polar surface area (TPSA) is 114 Å². The molecule has 11 heteroatoms. The molecule has 4 atom stereocenters. The van der Waals surface area contributed by atoms with E-state index in [4.69, 9.17) is 9.72 Å². The van der Waals surface area contributed by atoms with Crippen LogP contribution in [-0.4, -0.2) is 94.9 Å². The maximum atomic E-state index is 13.2. The Morgan fingerprint density at radius 2 is 1.80 bits per heavy atom. The average Bonchev–Trinajstić information content (AvgIpc) is 3.86. The van der Waals surface area contributed by atoms with Gasteiger partial charge in [-0.25, -0.2) is 14.3 Å². The Morgan fingerprint density at radius 1 is 1.02 bits per heavy atom. The van der Waals surface area contributed by atoms with Crippen molar-refractivity contribution in [2.45, 2.75) is 31.5 Å². The van der Waals surface area contributed by atoms with Crippen LogP contribution in [0.1, 0.15) is 24.0 Å². The van der Waals surface area contributed by atoms with Gasteiger partial charge in [-0.15, -0.1) is 0 Å². The summed E-state index contributed by atoms with van der Waals surface area (Å²) < 4.78 is 8.00. The zero-order chi connectivity index (χ0) is 31.0. The number of hydrogen-bond donors (Lipinski definition) is 2. The summed E-state index contributed by atoms with van der Waals surface area (Å²) in [5.74, 6) is 3.14. The number of hydrogen-bond acceptors (Lipinski definition) is 8. The Balaban J connectivity index is 0.949. The van der Waals surface area contributed by atoms with Crippen LogP contribution in [0.5, 0.6) is 5.75 Å². The van der Waals surface area contributed by atoms with Gasteiger partial charge in [0, 0.05) is 56.6 Å². The van der Waals surface area contributed by atoms with Crippen molar-refractivity contribution in [3.8, 4) is 22.9 Å². The fraction of sp³-hybridized carbons (Fsp3) is 0.429. The van der Waals surface area contributed by atoms with Crippen LogP contribution in [0.15, 0.2) is 67.1 Å². The van der Waals surface area contributed by atoms with Crippen LogP contribution in [0, 0.1) is 23.2 Å². The zero-order valence-electron chi connectivity index (χ0n) is 25.9. The van der Waals surface area contributed by atoms with Crippen LogP contribution < -0.4 is 20.3 Å². The summed E-state index contributed by atoms with van der Waals surface area (Å²) in [7, 11) is 0. The van der Waals surface area contributed by atoms with E-state index in [1.165, 1.54) is 0 Å². The van der Waals surface area contributed by atoms with Gasteiger partial charge in [-0.3, -0.25) is 4.90 Å². The highest BCUT2D eigenvalue weighted by Gasteiger charge is 2.43. The van der Waals surface area contributed by atoms with Gasteiger partial charge in [-0.2, -0.15) is 10.4 Å². The van der Waals surface area contributed by atoms with E-state index in [9.17, 15) is 10.1 Å². The number of nitrogens with zero attached hydrogens (tertiary/aromatic N) is 7. The predicted octanol–water partition coefficient (Wildman–Crippen LogP) is 3.36. The number of urea groups is 1. The van der Waals surface area contributed by atoms with Crippen LogP contribution >= 0.6 is 0 Å². The lowest BCUT2D eigenvalue weighted by Gasteiger charge is -2.41. The summed E-state index contributed by atoms with van der Waals surface area (Å²) >= 11 is 0. The number of aromatic nitrogens is 3. The standard InChI is InChI=1S/C35H39N9O2/c36-13-26-18-40-43-23-31(46-11-10-41-19-27-15-37-16-28(27)20-41)12-32(34(26)43)25-6-9-33(38-17-25)42-21-29-7-8-30(22-42)44(29)35(45)39-14-24-4-2-1-3-5-24/h1-6,9,12,17-18,23,27-30,37H,7-8,10-11,14-16,19-22H2,(H,39,45). The van der Waals surface area contributed by atoms with Crippen molar-refractivity contribution in [2.75, 3.05) is 57.3 Å². The number of likely N-dealkylation sites (tertiary alicyclic amines) is 1. The maximum absolute atomic E-state index is 13.2. The first-order chi connectivity index (χ1) is 22.6. The highest BCUT2D eigenvalue weighted by atomic mass is 16.5. The molecule has 2 N–H and O–H groups in total. The minimum absolute atomic E-state index is 0.0137. The van der Waals surface area contributed by atoms with Gasteiger partial charge >= 0.3 is 6.03 Å². The molecule has 4 saturated heterocycles. The number of nitriles is 1. The van der Waals surface area contributed by atoms with Gasteiger partial charge in [0.1, 0.15) is 24.2 Å². The number of benzene rings is 1. The number of amides is 2. The zero-order valence-corrected chi connectivity index (χ0v) is 25.9. The number of nitrogens with one attached hydrogen (secondary N) is 2. The molecule has 4 aliphatic rings. The average molecular weight is 618 g/mol. The Morgan fingerprint density at radius 3 is 2.52 bits per heavy atom. The lowest BCUT2D eigenvalue weighted by molar-refractivity contribution is 0.161. The van der Waals surface area contributed by atoms with Crippen molar-refractivity contribution < 1.29 is 9.53 Å². The molecular weight excluding hydrogens is 578 g/mol. The van der Waals surface area contributed by atoms with Crippen LogP contribution in [-0.2, 0) is 6.54 Å². The second-order valence-corrected chi connectivity index (χ2v) is 13.1. The summed E-state index contributed by atoms with van der Waals surface area (Å²) in [6.45, 7) is 8.04. The second-order valence-electron chi connectivity index (χ2n) is 13.1. The van der Waals surface area contributed by atoms with Crippen molar-refractivity contribution in [1.82, 2.24) is 35.0 Å². The number of carbonyl (C=O) groups excluding carboxylic acids is 1. The number of fused-ring (bicyclic) bond motifs is 4. The smallest absolute Gasteiger partial charge is 0.318 e. The largest absolute Gasteiger partial charge is 0.491 e. The third-order valence-corrected chi connectivity index (χ3v) is 10.2. The van der Waals surface area contributed by atoms with Crippen molar-refractivity contribution in [3.05, 3.63) is 78.2 Å². The summed E-state index contributed by atoms with van der Waals surface area (Å²) in [6.07, 6.45) is 7.33. The Bertz CT molecular complexity index is 1730. The summed E-state index contributed by atoms with van der Waals surface area (Å²) in [5.41, 5.74) is 4.13. The number of piperazine rings is 1.